The lowest BCUT2D eigenvalue weighted by Gasteiger charge is -2.31. The molecule has 1 aromatic heterocycles. The van der Waals surface area contributed by atoms with Gasteiger partial charge in [0.15, 0.2) is 0 Å². The molecule has 0 unspecified atom stereocenters. The molecule has 1 aliphatic heterocycles. The van der Waals surface area contributed by atoms with Crippen LogP contribution < -0.4 is 20.7 Å². The highest BCUT2D eigenvalue weighted by Crippen LogP contribution is 2.31. The van der Waals surface area contributed by atoms with E-state index in [-0.39, 0.29) is 11.4 Å². The van der Waals surface area contributed by atoms with Crippen LogP contribution in [0.5, 0.6) is 0 Å². The van der Waals surface area contributed by atoms with E-state index < -0.39 is 22.0 Å². The minimum atomic E-state index is -3.83. The molecule has 3 rings (SSSR count). The number of fused-ring (bicyclic) bond motifs is 1. The molecule has 0 atom stereocenters. The molecule has 2 heterocycles. The molecule has 10 heteroatoms. The Morgan fingerprint density at radius 1 is 1.22 bits per heavy atom. The summed E-state index contributed by atoms with van der Waals surface area (Å²) >= 11 is 1.51. The number of urea groups is 1. The van der Waals surface area contributed by atoms with Crippen molar-refractivity contribution in [2.75, 3.05) is 18.0 Å². The molecule has 8 nitrogen and oxygen atoms in total. The number of nitrogens with zero attached hydrogens (tertiary/aromatic N) is 1. The number of nitrogens with two attached hydrogens (primary N) is 1. The summed E-state index contributed by atoms with van der Waals surface area (Å²) in [6, 6.07) is 8.03. The fourth-order valence-electron chi connectivity index (χ4n) is 3.06. The minimum Gasteiger partial charge on any atom is -0.362 e. The van der Waals surface area contributed by atoms with Gasteiger partial charge in [-0.25, -0.2) is 18.4 Å². The van der Waals surface area contributed by atoms with E-state index >= 15 is 0 Å². The topological polar surface area (TPSA) is 122 Å². The number of hydrogen-bond donors (Lipinski definition) is 3. The maximum Gasteiger partial charge on any atom is 0.321 e. The van der Waals surface area contributed by atoms with E-state index in [1.807, 2.05) is 17.5 Å². The van der Waals surface area contributed by atoms with Crippen molar-refractivity contribution in [3.05, 3.63) is 46.2 Å². The van der Waals surface area contributed by atoms with Crippen LogP contribution in [0.3, 0.4) is 0 Å². The zero-order valence-corrected chi connectivity index (χ0v) is 16.1. The Kier molecular flexibility index (Phi) is 5.78. The molecule has 3 amide bonds. The van der Waals surface area contributed by atoms with Gasteiger partial charge in [-0.1, -0.05) is 12.1 Å². The van der Waals surface area contributed by atoms with E-state index in [0.29, 0.717) is 37.2 Å². The van der Waals surface area contributed by atoms with E-state index in [1.165, 1.54) is 17.4 Å². The van der Waals surface area contributed by atoms with Gasteiger partial charge in [0.05, 0.1) is 18.0 Å². The molecule has 0 radical (unpaired) electrons. The van der Waals surface area contributed by atoms with Gasteiger partial charge in [0.25, 0.3) is 0 Å². The third-order valence-electron chi connectivity index (χ3n) is 4.20. The summed E-state index contributed by atoms with van der Waals surface area (Å²) in [4.78, 5) is 26.9. The van der Waals surface area contributed by atoms with E-state index in [2.05, 4.69) is 10.6 Å². The SMILES string of the molecule is NS(=O)(=O)c1cccc2c1CCCN2CC(=O)NC(=O)NCc1cccs1. The average molecular weight is 409 g/mol. The summed E-state index contributed by atoms with van der Waals surface area (Å²) < 4.78 is 23.6. The van der Waals surface area contributed by atoms with E-state index in [1.54, 1.807) is 17.0 Å². The number of hydrogen-bond acceptors (Lipinski definition) is 6. The summed E-state index contributed by atoms with van der Waals surface area (Å²) in [5.41, 5.74) is 1.27. The molecular formula is C17H20N4O4S2. The predicted octanol–water partition coefficient (Wildman–Crippen LogP) is 1.17. The number of nitrogens with one attached hydrogen (secondary N) is 2. The molecule has 1 aromatic carbocycles. The number of carbonyl (C=O) groups is 2. The van der Waals surface area contributed by atoms with Crippen molar-refractivity contribution in [3.63, 3.8) is 0 Å². The van der Waals surface area contributed by atoms with Crippen LogP contribution >= 0.6 is 11.3 Å². The van der Waals surface area contributed by atoms with E-state index in [0.717, 1.165) is 4.88 Å². The van der Waals surface area contributed by atoms with Crippen LogP contribution in [0.15, 0.2) is 40.6 Å². The van der Waals surface area contributed by atoms with Gasteiger partial charge in [-0.05, 0) is 42.0 Å². The van der Waals surface area contributed by atoms with Crippen LogP contribution in [-0.2, 0) is 27.8 Å². The van der Waals surface area contributed by atoms with Crippen LogP contribution in [0, 0.1) is 0 Å². The number of imide groups is 1. The molecule has 0 saturated heterocycles. The molecular weight excluding hydrogens is 388 g/mol. The molecule has 144 valence electrons. The van der Waals surface area contributed by atoms with Crippen molar-refractivity contribution >= 4 is 39.0 Å². The molecule has 0 saturated carbocycles. The summed E-state index contributed by atoms with van der Waals surface area (Å²) in [6.07, 6.45) is 1.26. The van der Waals surface area contributed by atoms with Gasteiger partial charge in [0, 0.05) is 17.1 Å². The van der Waals surface area contributed by atoms with Crippen molar-refractivity contribution in [1.82, 2.24) is 10.6 Å². The molecule has 0 aliphatic carbocycles. The second-order valence-corrected chi connectivity index (χ2v) is 8.70. The van der Waals surface area contributed by atoms with Crippen molar-refractivity contribution in [2.24, 2.45) is 5.14 Å². The smallest absolute Gasteiger partial charge is 0.321 e. The quantitative estimate of drug-likeness (QED) is 0.686. The third-order valence-corrected chi connectivity index (χ3v) is 6.07. The second-order valence-electron chi connectivity index (χ2n) is 6.13. The van der Waals surface area contributed by atoms with Gasteiger partial charge in [-0.3, -0.25) is 10.1 Å². The number of rotatable bonds is 5. The number of anilines is 1. The Morgan fingerprint density at radius 3 is 2.74 bits per heavy atom. The Labute approximate surface area is 161 Å². The number of benzene rings is 1. The lowest BCUT2D eigenvalue weighted by Crippen LogP contribution is -2.45. The van der Waals surface area contributed by atoms with Crippen LogP contribution in [0.4, 0.5) is 10.5 Å². The number of primary sulfonamides is 1. The summed E-state index contributed by atoms with van der Waals surface area (Å²) in [7, 11) is -3.83. The van der Waals surface area contributed by atoms with Gasteiger partial charge in [0.1, 0.15) is 0 Å². The highest BCUT2D eigenvalue weighted by atomic mass is 32.2. The molecule has 27 heavy (non-hydrogen) atoms. The summed E-state index contributed by atoms with van der Waals surface area (Å²) in [6.45, 7) is 0.889. The lowest BCUT2D eigenvalue weighted by atomic mass is 10.0. The van der Waals surface area contributed by atoms with Crippen molar-refractivity contribution in [2.45, 2.75) is 24.3 Å². The first-order valence-corrected chi connectivity index (χ1v) is 10.8. The predicted molar refractivity (Wildman–Crippen MR) is 103 cm³/mol. The molecule has 0 spiro atoms. The van der Waals surface area contributed by atoms with Gasteiger partial charge >= 0.3 is 6.03 Å². The summed E-state index contributed by atoms with van der Waals surface area (Å²) in [5, 5.41) is 12.1. The standard InChI is InChI=1S/C17H20N4O4S2/c18-27(24,25)15-7-1-6-14-13(15)5-2-8-21(14)11-16(22)20-17(23)19-10-12-4-3-9-26-12/h1,3-4,6-7,9H,2,5,8,10-11H2,(H2,18,24,25)(H2,19,20,22,23). The first-order chi connectivity index (χ1) is 12.8. The van der Waals surface area contributed by atoms with Gasteiger partial charge in [-0.2, -0.15) is 0 Å². The van der Waals surface area contributed by atoms with Crippen molar-refractivity contribution < 1.29 is 18.0 Å². The van der Waals surface area contributed by atoms with Gasteiger partial charge in [-0.15, -0.1) is 11.3 Å². The number of amides is 3. The highest BCUT2D eigenvalue weighted by Gasteiger charge is 2.25. The number of thiophene rings is 1. The van der Waals surface area contributed by atoms with Crippen LogP contribution in [-0.4, -0.2) is 33.4 Å². The Hall–Kier alpha value is -2.43. The van der Waals surface area contributed by atoms with E-state index in [4.69, 9.17) is 5.14 Å². The van der Waals surface area contributed by atoms with Gasteiger partial charge in [0.2, 0.25) is 15.9 Å². The first-order valence-electron chi connectivity index (χ1n) is 8.34. The maximum atomic E-state index is 12.2. The van der Waals surface area contributed by atoms with Crippen LogP contribution in [0.2, 0.25) is 0 Å². The Bertz CT molecular complexity index is 942. The fraction of sp³-hybridized carbons (Fsp3) is 0.294. The van der Waals surface area contributed by atoms with Crippen LogP contribution in [0.1, 0.15) is 16.9 Å². The highest BCUT2D eigenvalue weighted by molar-refractivity contribution is 7.89. The zero-order chi connectivity index (χ0) is 19.4. The fourth-order valence-corrected chi connectivity index (χ4v) is 4.53. The lowest BCUT2D eigenvalue weighted by molar-refractivity contribution is -0.118. The monoisotopic (exact) mass is 408 g/mol. The molecule has 2 aromatic rings. The van der Waals surface area contributed by atoms with Crippen molar-refractivity contribution in [1.29, 1.82) is 0 Å². The second kappa shape index (κ2) is 8.07. The molecule has 4 N–H and O–H groups in total. The minimum absolute atomic E-state index is 0.0481. The maximum absolute atomic E-state index is 12.2. The number of carbonyl (C=O) groups excluding carboxylic acids is 2. The molecule has 0 fully saturated rings. The average Bonchev–Trinajstić information content (AvgIpc) is 3.12. The molecule has 0 bridgehead atoms. The summed E-state index contributed by atoms with van der Waals surface area (Å²) in [5.74, 6) is -0.465. The largest absolute Gasteiger partial charge is 0.362 e. The number of sulfonamides is 1. The zero-order valence-electron chi connectivity index (χ0n) is 14.5. The third kappa shape index (κ3) is 4.85. The first kappa shape index (κ1) is 19.3. The van der Waals surface area contributed by atoms with Gasteiger partial charge < -0.3 is 10.2 Å². The molecule has 1 aliphatic rings. The van der Waals surface area contributed by atoms with Crippen molar-refractivity contribution in [3.8, 4) is 0 Å². The Morgan fingerprint density at radius 2 is 2.04 bits per heavy atom. The van der Waals surface area contributed by atoms with Crippen LogP contribution in [0.25, 0.3) is 0 Å². The Balaban J connectivity index is 1.63. The van der Waals surface area contributed by atoms with E-state index in [9.17, 15) is 18.0 Å². The normalized spacial score (nSPS) is 13.7.